The van der Waals surface area contributed by atoms with Crippen molar-refractivity contribution in [3.8, 4) is 22.9 Å². The molecule has 26 heavy (non-hydrogen) atoms. The lowest BCUT2D eigenvalue weighted by Crippen LogP contribution is -1.87. The van der Waals surface area contributed by atoms with E-state index in [4.69, 9.17) is 4.74 Å². The van der Waals surface area contributed by atoms with E-state index in [1.807, 2.05) is 48.5 Å². The van der Waals surface area contributed by atoms with Crippen molar-refractivity contribution in [3.63, 3.8) is 0 Å². The summed E-state index contributed by atoms with van der Waals surface area (Å²) >= 11 is 0. The SMILES string of the molecule is COc1ccnc(N=Nc2c(O)[nH]c3ccc(-c4ccccc4)cc23)n1. The number of methoxy groups -OCH3 is 1. The molecule has 0 fully saturated rings. The van der Waals surface area contributed by atoms with Gasteiger partial charge >= 0.3 is 0 Å². The van der Waals surface area contributed by atoms with Gasteiger partial charge in [-0.25, -0.2) is 4.98 Å². The molecule has 0 atom stereocenters. The third kappa shape index (κ3) is 2.98. The maximum absolute atomic E-state index is 10.2. The maximum Gasteiger partial charge on any atom is 0.272 e. The van der Waals surface area contributed by atoms with Crippen LogP contribution in [-0.2, 0) is 0 Å². The Morgan fingerprint density at radius 2 is 1.85 bits per heavy atom. The fraction of sp³-hybridized carbons (Fsp3) is 0.0526. The number of nitrogens with zero attached hydrogens (tertiary/aromatic N) is 4. The summed E-state index contributed by atoms with van der Waals surface area (Å²) in [4.78, 5) is 11.0. The van der Waals surface area contributed by atoms with Gasteiger partial charge in [0.25, 0.3) is 5.95 Å². The highest BCUT2D eigenvalue weighted by Gasteiger charge is 2.12. The Labute approximate surface area is 149 Å². The summed E-state index contributed by atoms with van der Waals surface area (Å²) in [6.07, 6.45) is 1.53. The van der Waals surface area contributed by atoms with Crippen LogP contribution in [0.4, 0.5) is 11.6 Å². The summed E-state index contributed by atoms with van der Waals surface area (Å²) < 4.78 is 5.04. The van der Waals surface area contributed by atoms with Crippen LogP contribution in [0, 0.1) is 0 Å². The Morgan fingerprint density at radius 1 is 1.00 bits per heavy atom. The van der Waals surface area contributed by atoms with Gasteiger partial charge in [-0.05, 0) is 23.3 Å². The van der Waals surface area contributed by atoms with E-state index in [1.165, 1.54) is 13.3 Å². The summed E-state index contributed by atoms with van der Waals surface area (Å²) in [5, 5.41) is 19.1. The second-order valence-corrected chi connectivity index (χ2v) is 5.55. The van der Waals surface area contributed by atoms with Crippen molar-refractivity contribution in [1.29, 1.82) is 0 Å². The van der Waals surface area contributed by atoms with Crippen LogP contribution in [0.5, 0.6) is 11.8 Å². The van der Waals surface area contributed by atoms with Gasteiger partial charge < -0.3 is 14.8 Å². The highest BCUT2D eigenvalue weighted by atomic mass is 16.5. The van der Waals surface area contributed by atoms with Gasteiger partial charge in [0.1, 0.15) is 0 Å². The molecule has 0 spiro atoms. The zero-order valence-electron chi connectivity index (χ0n) is 13.9. The minimum atomic E-state index is -0.0585. The van der Waals surface area contributed by atoms with Crippen molar-refractivity contribution in [1.82, 2.24) is 15.0 Å². The molecule has 0 bridgehead atoms. The molecule has 0 saturated carbocycles. The molecule has 2 N–H and O–H groups in total. The lowest BCUT2D eigenvalue weighted by Gasteiger charge is -2.01. The van der Waals surface area contributed by atoms with Crippen LogP contribution in [0.25, 0.3) is 22.0 Å². The van der Waals surface area contributed by atoms with Crippen molar-refractivity contribution in [2.24, 2.45) is 10.2 Å². The molecule has 128 valence electrons. The monoisotopic (exact) mass is 345 g/mol. The quantitative estimate of drug-likeness (QED) is 0.521. The number of rotatable bonds is 4. The lowest BCUT2D eigenvalue weighted by atomic mass is 10.0. The van der Waals surface area contributed by atoms with E-state index in [-0.39, 0.29) is 11.8 Å². The zero-order chi connectivity index (χ0) is 17.9. The van der Waals surface area contributed by atoms with Crippen LogP contribution >= 0.6 is 0 Å². The Morgan fingerprint density at radius 3 is 2.65 bits per heavy atom. The van der Waals surface area contributed by atoms with E-state index >= 15 is 0 Å². The molecule has 0 saturated heterocycles. The summed E-state index contributed by atoms with van der Waals surface area (Å²) in [5.41, 5.74) is 3.20. The van der Waals surface area contributed by atoms with E-state index in [0.717, 1.165) is 22.0 Å². The Kier molecular flexibility index (Phi) is 4.03. The molecular weight excluding hydrogens is 330 g/mol. The Bertz CT molecular complexity index is 1090. The molecule has 0 aliphatic rings. The second kappa shape index (κ2) is 6.64. The number of ether oxygens (including phenoxy) is 1. The average molecular weight is 345 g/mol. The van der Waals surface area contributed by atoms with Crippen molar-refractivity contribution < 1.29 is 9.84 Å². The van der Waals surface area contributed by atoms with Crippen molar-refractivity contribution in [2.45, 2.75) is 0 Å². The largest absolute Gasteiger partial charge is 0.493 e. The molecule has 2 aromatic heterocycles. The standard InChI is InChI=1S/C19H15N5O2/c1-26-16-9-10-20-19(22-16)24-23-17-14-11-13(12-5-3-2-4-6-12)7-8-15(14)21-18(17)25/h2-11,21,25H,1H3. The number of hydrogen-bond acceptors (Lipinski definition) is 6. The van der Waals surface area contributed by atoms with Crippen molar-refractivity contribution >= 4 is 22.5 Å². The smallest absolute Gasteiger partial charge is 0.272 e. The van der Waals surface area contributed by atoms with E-state index in [1.54, 1.807) is 6.07 Å². The normalized spacial score (nSPS) is 11.3. The summed E-state index contributed by atoms with van der Waals surface area (Å²) in [6.45, 7) is 0. The number of aromatic nitrogens is 3. The van der Waals surface area contributed by atoms with Crippen LogP contribution in [-0.4, -0.2) is 27.2 Å². The summed E-state index contributed by atoms with van der Waals surface area (Å²) in [6, 6.07) is 17.5. The maximum atomic E-state index is 10.2. The first-order chi connectivity index (χ1) is 12.7. The minimum Gasteiger partial charge on any atom is -0.493 e. The lowest BCUT2D eigenvalue weighted by molar-refractivity contribution is 0.397. The number of fused-ring (bicyclic) bond motifs is 1. The number of aromatic hydroxyl groups is 1. The number of hydrogen-bond donors (Lipinski definition) is 2. The molecule has 2 heterocycles. The van der Waals surface area contributed by atoms with Gasteiger partial charge in [0.15, 0.2) is 5.69 Å². The van der Waals surface area contributed by atoms with Crippen LogP contribution < -0.4 is 4.74 Å². The molecule has 7 nitrogen and oxygen atoms in total. The van der Waals surface area contributed by atoms with Crippen molar-refractivity contribution in [3.05, 3.63) is 60.8 Å². The van der Waals surface area contributed by atoms with Gasteiger partial charge in [-0.15, -0.1) is 10.2 Å². The first kappa shape index (κ1) is 15.8. The average Bonchev–Trinajstić information content (AvgIpc) is 3.01. The van der Waals surface area contributed by atoms with Crippen molar-refractivity contribution in [2.75, 3.05) is 7.11 Å². The molecule has 0 unspecified atom stereocenters. The van der Waals surface area contributed by atoms with E-state index in [2.05, 4.69) is 25.2 Å². The summed E-state index contributed by atoms with van der Waals surface area (Å²) in [5.74, 6) is 0.484. The second-order valence-electron chi connectivity index (χ2n) is 5.55. The predicted molar refractivity (Wildman–Crippen MR) is 98.2 cm³/mol. The number of benzene rings is 2. The van der Waals surface area contributed by atoms with Gasteiger partial charge in [-0.2, -0.15) is 4.98 Å². The van der Waals surface area contributed by atoms with Crippen LogP contribution in [0.15, 0.2) is 71.0 Å². The van der Waals surface area contributed by atoms with Crippen LogP contribution in [0.1, 0.15) is 0 Å². The summed E-state index contributed by atoms with van der Waals surface area (Å²) in [7, 11) is 1.51. The Hall–Kier alpha value is -3.74. The number of aromatic amines is 1. The first-order valence-electron chi connectivity index (χ1n) is 7.93. The van der Waals surface area contributed by atoms with Crippen LogP contribution in [0.3, 0.4) is 0 Å². The fourth-order valence-corrected chi connectivity index (χ4v) is 2.66. The highest BCUT2D eigenvalue weighted by molar-refractivity contribution is 5.96. The van der Waals surface area contributed by atoms with Gasteiger partial charge in [-0.3, -0.25) is 0 Å². The molecule has 0 radical (unpaired) electrons. The van der Waals surface area contributed by atoms with E-state index in [0.29, 0.717) is 11.6 Å². The van der Waals surface area contributed by atoms with Gasteiger partial charge in [-0.1, -0.05) is 36.4 Å². The molecule has 0 aliphatic carbocycles. The van der Waals surface area contributed by atoms with Crippen LogP contribution in [0.2, 0.25) is 0 Å². The van der Waals surface area contributed by atoms with Gasteiger partial charge in [0.05, 0.1) is 12.6 Å². The molecule has 4 aromatic rings. The molecular formula is C19H15N5O2. The molecule has 2 aromatic carbocycles. The molecule has 0 aliphatic heterocycles. The number of azo groups is 1. The van der Waals surface area contributed by atoms with Gasteiger partial charge in [0, 0.05) is 17.6 Å². The molecule has 7 heteroatoms. The van der Waals surface area contributed by atoms with Gasteiger partial charge in [0.2, 0.25) is 11.8 Å². The number of nitrogens with one attached hydrogen (secondary N) is 1. The zero-order valence-corrected chi connectivity index (χ0v) is 13.9. The third-order valence-corrected chi connectivity index (χ3v) is 3.93. The third-order valence-electron chi connectivity index (χ3n) is 3.93. The number of H-pyrrole nitrogens is 1. The molecule has 0 amide bonds. The van der Waals surface area contributed by atoms with E-state index in [9.17, 15) is 5.11 Å². The Balaban J connectivity index is 1.76. The minimum absolute atomic E-state index is 0.0585. The predicted octanol–water partition coefficient (Wildman–Crippen LogP) is 4.75. The topological polar surface area (TPSA) is 95.8 Å². The highest BCUT2D eigenvalue weighted by Crippen LogP contribution is 2.38. The fourth-order valence-electron chi connectivity index (χ4n) is 2.66. The van der Waals surface area contributed by atoms with E-state index < -0.39 is 0 Å². The first-order valence-corrected chi connectivity index (χ1v) is 7.93. The molecule has 4 rings (SSSR count).